The number of nitrogens with two attached hydrogens (primary N) is 1. The number of ketones is 4. The zero-order valence-corrected chi connectivity index (χ0v) is 24.3. The van der Waals surface area contributed by atoms with Crippen molar-refractivity contribution in [3.05, 3.63) is 22.8 Å². The summed E-state index contributed by atoms with van der Waals surface area (Å²) < 4.78 is 0. The Morgan fingerprint density at radius 3 is 2.29 bits per heavy atom. The monoisotopic (exact) mass is 569 g/mol. The topological polar surface area (TPSA) is 184 Å². The van der Waals surface area contributed by atoms with Gasteiger partial charge in [0.1, 0.15) is 5.75 Å². The number of benzene rings is 1. The first-order valence-electron chi connectivity index (χ1n) is 14.0. The molecule has 6 atom stereocenters. The van der Waals surface area contributed by atoms with Gasteiger partial charge in [-0.2, -0.15) is 0 Å². The number of aliphatic hydroxyl groups is 1. The Kier molecular flexibility index (Phi) is 7.90. The van der Waals surface area contributed by atoms with Gasteiger partial charge in [-0.05, 0) is 42.2 Å². The molecule has 1 aromatic rings. The molecular weight excluding hydrogens is 530 g/mol. The largest absolute Gasteiger partial charge is 0.507 e. The molecule has 2 unspecified atom stereocenters. The molecule has 3 aliphatic rings. The number of primary amides is 1. The van der Waals surface area contributed by atoms with Crippen LogP contribution in [0.5, 0.6) is 5.75 Å². The second-order valence-electron chi connectivity index (χ2n) is 12.7. The number of amides is 2. The maximum absolute atomic E-state index is 14.0. The summed E-state index contributed by atoms with van der Waals surface area (Å²) in [4.78, 5) is 81.0. The number of aromatic hydroxyl groups is 1. The maximum Gasteiger partial charge on any atom is 0.235 e. The predicted octanol–water partition coefficient (Wildman–Crippen LogP) is 0.937. The van der Waals surface area contributed by atoms with Gasteiger partial charge in [-0.3, -0.25) is 28.8 Å². The highest BCUT2D eigenvalue weighted by molar-refractivity contribution is 6.32. The number of anilines is 1. The van der Waals surface area contributed by atoms with Gasteiger partial charge >= 0.3 is 0 Å². The molecule has 4 rings (SSSR count). The molecule has 2 amide bonds. The van der Waals surface area contributed by atoms with Gasteiger partial charge in [0, 0.05) is 50.1 Å². The molecule has 2 fully saturated rings. The van der Waals surface area contributed by atoms with Crippen LogP contribution in [0.4, 0.5) is 5.69 Å². The summed E-state index contributed by atoms with van der Waals surface area (Å²) in [5.74, 6) is -12.1. The molecule has 0 aliphatic heterocycles. The number of nitrogens with one attached hydrogen (secondary N) is 1. The molecule has 41 heavy (non-hydrogen) atoms. The first-order valence-corrected chi connectivity index (χ1v) is 14.0. The third-order valence-corrected chi connectivity index (χ3v) is 8.92. The van der Waals surface area contributed by atoms with E-state index in [1.807, 2.05) is 13.8 Å². The first kappa shape index (κ1) is 30.4. The number of rotatable bonds is 7. The number of hydrogen-bond donors (Lipinski definition) is 4. The van der Waals surface area contributed by atoms with Gasteiger partial charge in [-0.15, -0.1) is 0 Å². The Hall–Kier alpha value is -3.60. The van der Waals surface area contributed by atoms with Crippen molar-refractivity contribution in [2.45, 2.75) is 59.1 Å². The maximum atomic E-state index is 14.0. The summed E-state index contributed by atoms with van der Waals surface area (Å²) in [6, 6.07) is 1.69. The highest BCUT2D eigenvalue weighted by Gasteiger charge is 2.69. The van der Waals surface area contributed by atoms with Crippen molar-refractivity contribution in [2.75, 3.05) is 19.0 Å². The molecule has 0 spiro atoms. The fourth-order valence-electron chi connectivity index (χ4n) is 7.13. The molecule has 222 valence electrons. The number of phenols is 1. The van der Waals surface area contributed by atoms with E-state index in [9.17, 15) is 39.0 Å². The van der Waals surface area contributed by atoms with Gasteiger partial charge in [0.15, 0.2) is 34.7 Å². The predicted molar refractivity (Wildman–Crippen MR) is 148 cm³/mol. The number of fused-ring (bicyclic) bond motifs is 3. The van der Waals surface area contributed by atoms with Crippen molar-refractivity contribution in [1.29, 1.82) is 0 Å². The molecule has 3 aliphatic carbocycles. The highest BCUT2D eigenvalue weighted by Crippen LogP contribution is 2.54. The molecule has 11 heteroatoms. The average molecular weight is 570 g/mol. The van der Waals surface area contributed by atoms with Gasteiger partial charge in [0.2, 0.25) is 11.8 Å². The zero-order chi connectivity index (χ0) is 30.7. The highest BCUT2D eigenvalue weighted by atomic mass is 16.3. The van der Waals surface area contributed by atoms with Crippen LogP contribution in [0.15, 0.2) is 6.07 Å². The molecule has 0 bridgehead atoms. The quantitative estimate of drug-likeness (QED) is 0.347. The molecule has 0 aromatic heterocycles. The lowest BCUT2D eigenvalue weighted by atomic mass is 9.49. The Bertz CT molecular complexity index is 1350. The van der Waals surface area contributed by atoms with Gasteiger partial charge in [-0.1, -0.05) is 27.7 Å². The lowest BCUT2D eigenvalue weighted by Gasteiger charge is -2.52. The molecule has 11 nitrogen and oxygen atoms in total. The normalized spacial score (nSPS) is 29.2. The fourth-order valence-corrected chi connectivity index (χ4v) is 7.13. The molecule has 2 saturated carbocycles. The van der Waals surface area contributed by atoms with Gasteiger partial charge < -0.3 is 26.2 Å². The third kappa shape index (κ3) is 4.73. The van der Waals surface area contributed by atoms with Crippen LogP contribution in [0.1, 0.15) is 62.0 Å². The van der Waals surface area contributed by atoms with Crippen molar-refractivity contribution in [1.82, 2.24) is 5.32 Å². The number of carbonyl (C=O) groups is 6. The number of Topliss-reactive ketones (excluding diaryl/α,β-unsaturated/α-hetero) is 4. The van der Waals surface area contributed by atoms with Crippen molar-refractivity contribution < 1.29 is 39.0 Å². The Morgan fingerprint density at radius 1 is 1.12 bits per heavy atom. The second kappa shape index (κ2) is 10.7. The number of hydrogen-bond acceptors (Lipinski definition) is 9. The van der Waals surface area contributed by atoms with Crippen molar-refractivity contribution in [3.63, 3.8) is 0 Å². The Labute approximate surface area is 238 Å². The lowest BCUT2D eigenvalue weighted by Crippen LogP contribution is -2.71. The van der Waals surface area contributed by atoms with E-state index in [-0.39, 0.29) is 54.5 Å². The minimum atomic E-state index is -2.74. The SMILES string of the molecule is CC(C)CC(=O)NCc1cc(N(C)C)c2c(c1O)C(=O)C1C(=O)[C@]3(O)C(=O)C(C(N)=O)C(=O)[C@@H](C(C)C)[C@@H]3C[C@@H]1C2. The number of nitrogens with zero attached hydrogens (tertiary/aromatic N) is 1. The van der Waals surface area contributed by atoms with Crippen molar-refractivity contribution in [2.24, 2.45) is 47.2 Å². The molecule has 0 radical (unpaired) electrons. The van der Waals surface area contributed by atoms with Gasteiger partial charge in [0.25, 0.3) is 0 Å². The molecule has 1 aromatic carbocycles. The van der Waals surface area contributed by atoms with E-state index < -0.39 is 70.1 Å². The summed E-state index contributed by atoms with van der Waals surface area (Å²) >= 11 is 0. The van der Waals surface area contributed by atoms with Crippen molar-refractivity contribution >= 4 is 40.6 Å². The van der Waals surface area contributed by atoms with Crippen LogP contribution in [0.3, 0.4) is 0 Å². The van der Waals surface area contributed by atoms with E-state index in [0.717, 1.165) is 0 Å². The van der Waals surface area contributed by atoms with E-state index in [4.69, 9.17) is 5.73 Å². The number of phenolic OH excluding ortho intramolecular Hbond substituents is 1. The number of carbonyl (C=O) groups excluding carboxylic acids is 6. The van der Waals surface area contributed by atoms with E-state index in [2.05, 4.69) is 5.32 Å². The lowest BCUT2D eigenvalue weighted by molar-refractivity contribution is -0.182. The third-order valence-electron chi connectivity index (χ3n) is 8.92. The van der Waals surface area contributed by atoms with Crippen LogP contribution in [0, 0.1) is 41.4 Å². The Balaban J connectivity index is 1.81. The summed E-state index contributed by atoms with van der Waals surface area (Å²) in [7, 11) is 3.54. The van der Waals surface area contributed by atoms with E-state index >= 15 is 0 Å². The molecular formula is C30H39N3O8. The minimum absolute atomic E-state index is 0.0184. The summed E-state index contributed by atoms with van der Waals surface area (Å²) in [6.45, 7) is 7.16. The second-order valence-corrected chi connectivity index (χ2v) is 12.7. The average Bonchev–Trinajstić information content (AvgIpc) is 2.84. The van der Waals surface area contributed by atoms with Gasteiger partial charge in [-0.25, -0.2) is 0 Å². The first-order chi connectivity index (χ1) is 19.0. The van der Waals surface area contributed by atoms with Gasteiger partial charge in [0.05, 0.1) is 11.5 Å². The van der Waals surface area contributed by atoms with Crippen LogP contribution in [-0.2, 0) is 36.9 Å². The molecule has 0 heterocycles. The van der Waals surface area contributed by atoms with E-state index in [1.165, 1.54) is 0 Å². The fraction of sp³-hybridized carbons (Fsp3) is 0.600. The Morgan fingerprint density at radius 2 is 1.76 bits per heavy atom. The molecule has 0 saturated heterocycles. The smallest absolute Gasteiger partial charge is 0.235 e. The zero-order valence-electron chi connectivity index (χ0n) is 24.3. The summed E-state index contributed by atoms with van der Waals surface area (Å²) in [6.07, 6.45) is 0.478. The summed E-state index contributed by atoms with van der Waals surface area (Å²) in [5.41, 5.74) is 3.97. The van der Waals surface area contributed by atoms with Crippen LogP contribution in [0.2, 0.25) is 0 Å². The van der Waals surface area contributed by atoms with Crippen LogP contribution < -0.4 is 16.0 Å². The van der Waals surface area contributed by atoms with Crippen LogP contribution in [-0.4, -0.2) is 64.9 Å². The van der Waals surface area contributed by atoms with Crippen molar-refractivity contribution in [3.8, 4) is 5.75 Å². The van der Waals surface area contributed by atoms with Crippen LogP contribution >= 0.6 is 0 Å². The minimum Gasteiger partial charge on any atom is -0.507 e. The molecule has 5 N–H and O–H groups in total. The standard InChI is InChI=1S/C30H39N3O8/c1-12(2)7-19(34)32-11-15-10-18(33(5)6)16-8-14-9-17-20(13(3)4)25(36)23(29(31)40)28(39)30(17,41)27(38)21(14)26(37)22(16)24(15)35/h10,12-14,17,20-21,23,35,41H,7-9,11H2,1-6H3,(H2,31,40)(H,32,34)/t14-,17-,20-,21?,23?,30-/m0/s1. The van der Waals surface area contributed by atoms with E-state index in [0.29, 0.717) is 11.3 Å². The van der Waals surface area contributed by atoms with E-state index in [1.54, 1.807) is 38.9 Å². The summed E-state index contributed by atoms with van der Waals surface area (Å²) in [5, 5.41) is 25.8. The van der Waals surface area contributed by atoms with Crippen LogP contribution in [0.25, 0.3) is 0 Å².